The predicted octanol–water partition coefficient (Wildman–Crippen LogP) is -4.47. The zero-order chi connectivity index (χ0) is 10.2. The second kappa shape index (κ2) is 3.42. The highest BCUT2D eigenvalue weighted by molar-refractivity contribution is 6.67. The normalized spacial score (nSPS) is 9.46. The molecule has 0 saturated heterocycles. The Morgan fingerprint density at radius 3 is 1.31 bits per heavy atom. The fourth-order valence-electron chi connectivity index (χ4n) is 0.970. The Balaban J connectivity index is 3.69. The Morgan fingerprint density at radius 1 is 0.692 bits per heavy atom. The van der Waals surface area contributed by atoms with E-state index in [1.165, 1.54) is 0 Å². The van der Waals surface area contributed by atoms with Gasteiger partial charge in [0.05, 0.1) is 6.07 Å². The maximum absolute atomic E-state index is 8.68. The standard InChI is InChI=1S/C7B5N/c8-3-2(1-13)4(9)6(11)7(12)5(3)10. The number of nitriles is 1. The molecule has 1 aromatic rings. The summed E-state index contributed by atoms with van der Waals surface area (Å²) in [6.45, 7) is 0. The van der Waals surface area contributed by atoms with Crippen LogP contribution in [0.2, 0.25) is 0 Å². The smallest absolute Gasteiger partial charge is 0.114 e. The van der Waals surface area contributed by atoms with Crippen molar-refractivity contribution in [3.05, 3.63) is 5.56 Å². The molecule has 0 unspecified atom stereocenters. The van der Waals surface area contributed by atoms with Gasteiger partial charge in [-0.3, -0.25) is 0 Å². The van der Waals surface area contributed by atoms with Gasteiger partial charge in [0, 0.05) is 5.56 Å². The van der Waals surface area contributed by atoms with Crippen molar-refractivity contribution >= 4 is 66.5 Å². The van der Waals surface area contributed by atoms with Crippen LogP contribution in [0.5, 0.6) is 0 Å². The third-order valence-electron chi connectivity index (χ3n) is 1.81. The van der Waals surface area contributed by atoms with Crippen molar-refractivity contribution in [3.8, 4) is 6.07 Å². The average molecular weight is 152 g/mol. The molecule has 13 heavy (non-hydrogen) atoms. The number of nitrogens with zero attached hydrogens (tertiary/aromatic N) is 1. The molecule has 0 aromatic heterocycles. The summed E-state index contributed by atoms with van der Waals surface area (Å²) in [4.78, 5) is 0. The SMILES string of the molecule is [B]c1c([B])c([B])c(C#N)c([B])c1[B]. The summed E-state index contributed by atoms with van der Waals surface area (Å²) in [7, 11) is 27.5. The number of hydrogen-bond acceptors (Lipinski definition) is 1. The summed E-state index contributed by atoms with van der Waals surface area (Å²) >= 11 is 0. The van der Waals surface area contributed by atoms with Crippen molar-refractivity contribution in [3.63, 3.8) is 0 Å². The van der Waals surface area contributed by atoms with Gasteiger partial charge in [-0.05, 0) is 0 Å². The molecular weight excluding hydrogens is 152 g/mol. The van der Waals surface area contributed by atoms with Crippen LogP contribution < -0.4 is 27.3 Å². The van der Waals surface area contributed by atoms with Crippen molar-refractivity contribution in [2.45, 2.75) is 0 Å². The third-order valence-corrected chi connectivity index (χ3v) is 1.81. The van der Waals surface area contributed by atoms with E-state index in [2.05, 4.69) is 0 Å². The second-order valence-corrected chi connectivity index (χ2v) is 2.56. The number of benzene rings is 1. The van der Waals surface area contributed by atoms with Crippen LogP contribution in [0.4, 0.5) is 0 Å². The first-order valence-electron chi connectivity index (χ1n) is 3.42. The second-order valence-electron chi connectivity index (χ2n) is 2.56. The predicted molar refractivity (Wildman–Crippen MR) is 58.1 cm³/mol. The lowest BCUT2D eigenvalue weighted by molar-refractivity contribution is 1.52. The van der Waals surface area contributed by atoms with Crippen LogP contribution in [0, 0.1) is 11.3 Å². The van der Waals surface area contributed by atoms with Crippen LogP contribution in [0.15, 0.2) is 0 Å². The molecule has 0 aliphatic carbocycles. The highest BCUT2D eigenvalue weighted by Gasteiger charge is 2.08. The van der Waals surface area contributed by atoms with Gasteiger partial charge in [-0.15, -0.1) is 16.4 Å². The molecule has 0 aliphatic heterocycles. The van der Waals surface area contributed by atoms with Crippen LogP contribution in [0.3, 0.4) is 0 Å². The lowest BCUT2D eigenvalue weighted by atomic mass is 9.60. The maximum Gasteiger partial charge on any atom is 0.114 e. The van der Waals surface area contributed by atoms with Crippen LogP contribution in [0.1, 0.15) is 5.56 Å². The molecule has 0 aliphatic rings. The van der Waals surface area contributed by atoms with Gasteiger partial charge in [0.25, 0.3) is 0 Å². The topological polar surface area (TPSA) is 23.8 Å². The lowest BCUT2D eigenvalue weighted by Gasteiger charge is -2.16. The van der Waals surface area contributed by atoms with E-state index >= 15 is 0 Å². The van der Waals surface area contributed by atoms with Gasteiger partial charge in [0.2, 0.25) is 0 Å². The summed E-state index contributed by atoms with van der Waals surface area (Å²) in [5.74, 6) is 0. The van der Waals surface area contributed by atoms with Gasteiger partial charge in [-0.2, -0.15) is 5.26 Å². The summed E-state index contributed by atoms with van der Waals surface area (Å²) in [6.07, 6.45) is 0. The fraction of sp³-hybridized carbons (Fsp3) is 0. The van der Waals surface area contributed by atoms with Crippen molar-refractivity contribution in [2.24, 2.45) is 0 Å². The van der Waals surface area contributed by atoms with Gasteiger partial charge >= 0.3 is 0 Å². The molecule has 0 heterocycles. The highest BCUT2D eigenvalue weighted by atomic mass is 14.2. The molecule has 0 amide bonds. The highest BCUT2D eigenvalue weighted by Crippen LogP contribution is 1.80. The molecule has 10 radical (unpaired) electrons. The first-order valence-corrected chi connectivity index (χ1v) is 3.42. The molecule has 1 rings (SSSR count). The Labute approximate surface area is 83.9 Å². The van der Waals surface area contributed by atoms with E-state index in [4.69, 9.17) is 44.5 Å². The summed E-state index contributed by atoms with van der Waals surface area (Å²) < 4.78 is 0. The Kier molecular flexibility index (Phi) is 2.66. The van der Waals surface area contributed by atoms with E-state index in [-0.39, 0.29) is 32.9 Å². The largest absolute Gasteiger partial charge is 0.192 e. The maximum atomic E-state index is 8.68. The minimum Gasteiger partial charge on any atom is -0.192 e. The first kappa shape index (κ1) is 10.1. The minimum atomic E-state index is 0.0733. The molecule has 48 valence electrons. The molecule has 0 N–H and O–H groups in total. The Bertz CT molecular complexity index is 377. The summed E-state index contributed by atoms with van der Waals surface area (Å²) in [5, 5.41) is 8.68. The van der Waals surface area contributed by atoms with E-state index in [0.717, 1.165) is 0 Å². The number of rotatable bonds is 0. The Morgan fingerprint density at radius 2 is 1.00 bits per heavy atom. The van der Waals surface area contributed by atoms with Crippen LogP contribution in [0.25, 0.3) is 0 Å². The van der Waals surface area contributed by atoms with E-state index in [0.29, 0.717) is 0 Å². The molecule has 0 saturated carbocycles. The van der Waals surface area contributed by atoms with Crippen molar-refractivity contribution < 1.29 is 0 Å². The molecular formula is C7B5N. The molecule has 0 spiro atoms. The summed E-state index contributed by atoms with van der Waals surface area (Å²) in [5.41, 5.74) is 0.545. The lowest BCUT2D eigenvalue weighted by Crippen LogP contribution is -2.55. The van der Waals surface area contributed by atoms with Crippen LogP contribution in [-0.2, 0) is 0 Å². The monoisotopic (exact) mass is 153 g/mol. The van der Waals surface area contributed by atoms with Gasteiger partial charge < -0.3 is 0 Å². The van der Waals surface area contributed by atoms with Gasteiger partial charge in [-0.1, -0.05) is 10.9 Å². The van der Waals surface area contributed by atoms with Gasteiger partial charge in [-0.25, -0.2) is 0 Å². The van der Waals surface area contributed by atoms with Crippen molar-refractivity contribution in [1.82, 2.24) is 0 Å². The van der Waals surface area contributed by atoms with Gasteiger partial charge in [0.1, 0.15) is 39.2 Å². The quantitative estimate of drug-likeness (QED) is 0.344. The van der Waals surface area contributed by atoms with Crippen molar-refractivity contribution in [1.29, 1.82) is 5.26 Å². The average Bonchev–Trinajstić information content (AvgIpc) is 2.13. The van der Waals surface area contributed by atoms with Gasteiger partial charge in [0.15, 0.2) is 0 Å². The Hall–Kier alpha value is -0.965. The van der Waals surface area contributed by atoms with Crippen LogP contribution in [-0.4, -0.2) is 39.2 Å². The molecule has 1 nitrogen and oxygen atoms in total. The van der Waals surface area contributed by atoms with E-state index < -0.39 is 0 Å². The fourth-order valence-corrected chi connectivity index (χ4v) is 0.970. The molecule has 1 aromatic carbocycles. The van der Waals surface area contributed by atoms with E-state index in [9.17, 15) is 0 Å². The van der Waals surface area contributed by atoms with E-state index in [1.54, 1.807) is 6.07 Å². The number of hydrogen-bond donors (Lipinski definition) is 0. The van der Waals surface area contributed by atoms with E-state index in [1.807, 2.05) is 0 Å². The molecule has 0 fully saturated rings. The van der Waals surface area contributed by atoms with Crippen LogP contribution >= 0.6 is 0 Å². The third kappa shape index (κ3) is 1.44. The minimum absolute atomic E-state index is 0.0733. The molecule has 0 bridgehead atoms. The summed E-state index contributed by atoms with van der Waals surface area (Å²) in [6, 6.07) is 1.81. The molecule has 0 atom stereocenters. The van der Waals surface area contributed by atoms with Crippen molar-refractivity contribution in [2.75, 3.05) is 0 Å². The molecule has 6 heteroatoms. The zero-order valence-electron chi connectivity index (χ0n) is 6.83. The first-order chi connectivity index (χ1) is 6.00. The zero-order valence-corrected chi connectivity index (χ0v) is 6.83.